The molecule has 0 aliphatic rings. The summed E-state index contributed by atoms with van der Waals surface area (Å²) in [5, 5.41) is 3.18. The molecular formula is C20H24N2O2S. The van der Waals surface area contributed by atoms with Crippen molar-refractivity contribution in [2.45, 2.75) is 33.3 Å². The second kappa shape index (κ2) is 9.18. The number of ether oxygens (including phenoxy) is 1. The van der Waals surface area contributed by atoms with Crippen molar-refractivity contribution in [3.63, 3.8) is 0 Å². The van der Waals surface area contributed by atoms with E-state index < -0.39 is 0 Å². The van der Waals surface area contributed by atoms with E-state index in [1.807, 2.05) is 49.1 Å². The highest BCUT2D eigenvalue weighted by Gasteiger charge is 2.14. The van der Waals surface area contributed by atoms with E-state index in [1.165, 1.54) is 0 Å². The molecule has 25 heavy (non-hydrogen) atoms. The third kappa shape index (κ3) is 5.29. The van der Waals surface area contributed by atoms with Gasteiger partial charge in [-0.15, -0.1) is 0 Å². The molecule has 0 fully saturated rings. The number of nitrogens with zero attached hydrogens (tertiary/aromatic N) is 1. The molecule has 132 valence electrons. The van der Waals surface area contributed by atoms with Gasteiger partial charge < -0.3 is 9.64 Å². The fraction of sp³-hybridized carbons (Fsp3) is 0.300. The molecule has 0 heterocycles. The van der Waals surface area contributed by atoms with E-state index in [0.717, 1.165) is 17.9 Å². The number of hydrogen-bond donors (Lipinski definition) is 1. The van der Waals surface area contributed by atoms with Gasteiger partial charge in [-0.05, 0) is 68.9 Å². The number of amides is 1. The molecule has 1 N–H and O–H groups in total. The van der Waals surface area contributed by atoms with Gasteiger partial charge in [0.2, 0.25) is 0 Å². The molecular weight excluding hydrogens is 332 g/mol. The number of hydrogen-bond acceptors (Lipinski definition) is 3. The largest absolute Gasteiger partial charge is 0.491 e. The Morgan fingerprint density at radius 3 is 2.32 bits per heavy atom. The zero-order valence-corrected chi connectivity index (χ0v) is 15.7. The van der Waals surface area contributed by atoms with Gasteiger partial charge in [-0.25, -0.2) is 0 Å². The monoisotopic (exact) mass is 356 g/mol. The molecule has 0 radical (unpaired) electrons. The van der Waals surface area contributed by atoms with Gasteiger partial charge in [0, 0.05) is 17.8 Å². The maximum absolute atomic E-state index is 12.4. The molecule has 0 aliphatic heterocycles. The second-order valence-electron chi connectivity index (χ2n) is 5.70. The Morgan fingerprint density at radius 2 is 1.76 bits per heavy atom. The third-order valence-electron chi connectivity index (χ3n) is 3.88. The van der Waals surface area contributed by atoms with E-state index >= 15 is 0 Å². The number of nitrogens with one attached hydrogen (secondary N) is 1. The van der Waals surface area contributed by atoms with Gasteiger partial charge >= 0.3 is 0 Å². The van der Waals surface area contributed by atoms with Crippen LogP contribution in [0.15, 0.2) is 54.6 Å². The first-order valence-corrected chi connectivity index (χ1v) is 8.90. The van der Waals surface area contributed by atoms with Crippen molar-refractivity contribution < 1.29 is 9.53 Å². The van der Waals surface area contributed by atoms with Crippen LogP contribution in [0.4, 0.5) is 5.69 Å². The van der Waals surface area contributed by atoms with Gasteiger partial charge in [-0.2, -0.15) is 0 Å². The van der Waals surface area contributed by atoms with Gasteiger partial charge in [0.25, 0.3) is 5.91 Å². The molecule has 0 bridgehead atoms. The molecule has 1 atom stereocenters. The highest BCUT2D eigenvalue weighted by atomic mass is 32.1. The lowest BCUT2D eigenvalue weighted by molar-refractivity contribution is 0.0977. The van der Waals surface area contributed by atoms with Crippen molar-refractivity contribution in [3.8, 4) is 5.75 Å². The van der Waals surface area contributed by atoms with Crippen LogP contribution in [0.3, 0.4) is 0 Å². The van der Waals surface area contributed by atoms with Crippen LogP contribution in [0, 0.1) is 0 Å². The van der Waals surface area contributed by atoms with Crippen LogP contribution in [0.1, 0.15) is 37.6 Å². The molecule has 2 rings (SSSR count). The topological polar surface area (TPSA) is 41.6 Å². The standard InChI is InChI=1S/C20H24N2O2S/c1-4-15(3)24-18-13-11-16(12-14-18)19(23)21-20(25)22(5-2)17-9-7-6-8-10-17/h6-15H,4-5H2,1-3H3,(H,21,23,25). The molecule has 5 heteroatoms. The molecule has 0 saturated heterocycles. The average molecular weight is 356 g/mol. The van der Waals surface area contributed by atoms with Crippen molar-refractivity contribution >= 4 is 28.9 Å². The van der Waals surface area contributed by atoms with Crippen LogP contribution in [0.5, 0.6) is 5.75 Å². The first kappa shape index (κ1) is 18.9. The van der Waals surface area contributed by atoms with Crippen LogP contribution >= 0.6 is 12.2 Å². The van der Waals surface area contributed by atoms with Gasteiger partial charge in [-0.1, -0.05) is 25.1 Å². The van der Waals surface area contributed by atoms with Crippen molar-refractivity contribution in [2.75, 3.05) is 11.4 Å². The lowest BCUT2D eigenvalue weighted by atomic mass is 10.2. The molecule has 2 aromatic carbocycles. The van der Waals surface area contributed by atoms with E-state index in [9.17, 15) is 4.79 Å². The highest BCUT2D eigenvalue weighted by Crippen LogP contribution is 2.16. The Balaban J connectivity index is 2.02. The summed E-state index contributed by atoms with van der Waals surface area (Å²) in [7, 11) is 0. The summed E-state index contributed by atoms with van der Waals surface area (Å²) in [6, 6.07) is 16.9. The normalized spacial score (nSPS) is 11.5. The number of carbonyl (C=O) groups is 1. The van der Waals surface area contributed by atoms with Crippen LogP contribution in [0.25, 0.3) is 0 Å². The first-order valence-electron chi connectivity index (χ1n) is 8.49. The Labute approximate surface area is 154 Å². The molecule has 0 saturated carbocycles. The molecule has 1 amide bonds. The number of benzene rings is 2. The second-order valence-corrected chi connectivity index (χ2v) is 6.09. The fourth-order valence-electron chi connectivity index (χ4n) is 2.29. The van der Waals surface area contributed by atoms with Gasteiger partial charge in [0.05, 0.1) is 6.10 Å². The minimum Gasteiger partial charge on any atom is -0.491 e. The maximum Gasteiger partial charge on any atom is 0.257 e. The van der Waals surface area contributed by atoms with Gasteiger partial charge in [0.15, 0.2) is 5.11 Å². The summed E-state index contributed by atoms with van der Waals surface area (Å²) in [6.45, 7) is 6.75. The highest BCUT2D eigenvalue weighted by molar-refractivity contribution is 7.80. The fourth-order valence-corrected chi connectivity index (χ4v) is 2.62. The molecule has 4 nitrogen and oxygen atoms in total. The van der Waals surface area contributed by atoms with Crippen molar-refractivity contribution in [2.24, 2.45) is 0 Å². The number of para-hydroxylation sites is 1. The van der Waals surface area contributed by atoms with Crippen LogP contribution in [-0.2, 0) is 0 Å². The van der Waals surface area contributed by atoms with Crippen LogP contribution in [-0.4, -0.2) is 23.7 Å². The summed E-state index contributed by atoms with van der Waals surface area (Å²) in [5.74, 6) is 0.530. The van der Waals surface area contributed by atoms with Crippen LogP contribution < -0.4 is 15.0 Å². The zero-order valence-electron chi connectivity index (χ0n) is 14.9. The Morgan fingerprint density at radius 1 is 1.12 bits per heavy atom. The molecule has 2 aromatic rings. The van der Waals surface area contributed by atoms with Gasteiger partial charge in [0.1, 0.15) is 5.75 Å². The summed E-state index contributed by atoms with van der Waals surface area (Å²) in [6.07, 6.45) is 1.08. The SMILES string of the molecule is CCC(C)Oc1ccc(C(=O)NC(=S)N(CC)c2ccccc2)cc1. The number of thiocarbonyl (C=S) groups is 1. The van der Waals surface area contributed by atoms with E-state index in [2.05, 4.69) is 12.2 Å². The lowest BCUT2D eigenvalue weighted by Crippen LogP contribution is -2.42. The minimum absolute atomic E-state index is 0.149. The summed E-state index contributed by atoms with van der Waals surface area (Å²) >= 11 is 5.40. The first-order chi connectivity index (χ1) is 12.0. The smallest absolute Gasteiger partial charge is 0.257 e. The summed E-state index contributed by atoms with van der Waals surface area (Å²) < 4.78 is 5.73. The Bertz CT molecular complexity index is 701. The maximum atomic E-state index is 12.4. The average Bonchev–Trinajstić information content (AvgIpc) is 2.63. The quantitative estimate of drug-likeness (QED) is 0.779. The predicted molar refractivity (Wildman–Crippen MR) is 106 cm³/mol. The number of rotatable bonds is 6. The van der Waals surface area contributed by atoms with Crippen molar-refractivity contribution in [3.05, 3.63) is 60.2 Å². The van der Waals surface area contributed by atoms with E-state index in [1.54, 1.807) is 24.3 Å². The summed E-state index contributed by atoms with van der Waals surface area (Å²) in [4.78, 5) is 14.3. The van der Waals surface area contributed by atoms with Gasteiger partial charge in [-0.3, -0.25) is 10.1 Å². The summed E-state index contributed by atoms with van der Waals surface area (Å²) in [5.41, 5.74) is 1.50. The molecule has 0 spiro atoms. The zero-order chi connectivity index (χ0) is 18.2. The molecule has 0 aromatic heterocycles. The Kier molecular flexibility index (Phi) is 6.95. The van der Waals surface area contributed by atoms with E-state index in [4.69, 9.17) is 17.0 Å². The number of anilines is 1. The predicted octanol–water partition coefficient (Wildman–Crippen LogP) is 4.41. The third-order valence-corrected chi connectivity index (χ3v) is 4.20. The minimum atomic E-state index is -0.227. The van der Waals surface area contributed by atoms with E-state index in [-0.39, 0.29) is 12.0 Å². The van der Waals surface area contributed by atoms with Crippen molar-refractivity contribution in [1.82, 2.24) is 5.32 Å². The molecule has 0 aliphatic carbocycles. The van der Waals surface area contributed by atoms with Crippen molar-refractivity contribution in [1.29, 1.82) is 0 Å². The Hall–Kier alpha value is -2.40. The number of carbonyl (C=O) groups excluding carboxylic acids is 1. The van der Waals surface area contributed by atoms with Crippen LogP contribution in [0.2, 0.25) is 0 Å². The molecule has 1 unspecified atom stereocenters. The van der Waals surface area contributed by atoms with E-state index in [0.29, 0.717) is 17.2 Å². The lowest BCUT2D eigenvalue weighted by Gasteiger charge is -2.23.